The van der Waals surface area contributed by atoms with Gasteiger partial charge in [0.05, 0.1) is 0 Å². The zero-order valence-corrected chi connectivity index (χ0v) is 13.7. The van der Waals surface area contributed by atoms with E-state index in [9.17, 15) is 4.79 Å². The summed E-state index contributed by atoms with van der Waals surface area (Å²) in [6, 6.07) is 17.7. The number of nitrogens with one attached hydrogen (secondary N) is 1. The molecule has 120 valence electrons. The van der Waals surface area contributed by atoms with Crippen LogP contribution in [0, 0.1) is 6.92 Å². The van der Waals surface area contributed by atoms with Crippen LogP contribution in [0.2, 0.25) is 5.02 Å². The fourth-order valence-corrected chi connectivity index (χ4v) is 2.42. The molecule has 0 saturated carbocycles. The Morgan fingerprint density at radius 2 is 1.96 bits per heavy atom. The number of aryl methyl sites for hydroxylation is 1. The topological polar surface area (TPSA) is 51.2 Å². The average molecular weight is 339 g/mol. The maximum atomic E-state index is 12.4. The van der Waals surface area contributed by atoms with Crippen molar-refractivity contribution in [2.75, 3.05) is 5.32 Å². The zero-order chi connectivity index (χ0) is 16.9. The third kappa shape index (κ3) is 3.91. The first-order valence-corrected chi connectivity index (χ1v) is 7.76. The summed E-state index contributed by atoms with van der Waals surface area (Å²) in [6.45, 7) is 1.89. The monoisotopic (exact) mass is 338 g/mol. The molecule has 0 saturated heterocycles. The summed E-state index contributed by atoms with van der Waals surface area (Å²) in [5.41, 5.74) is 2.12. The van der Waals surface area contributed by atoms with E-state index in [4.69, 9.17) is 16.3 Å². The summed E-state index contributed by atoms with van der Waals surface area (Å²) in [5.74, 6) is 0.810. The molecule has 1 aromatic heterocycles. The Morgan fingerprint density at radius 1 is 1.08 bits per heavy atom. The van der Waals surface area contributed by atoms with E-state index >= 15 is 0 Å². The van der Waals surface area contributed by atoms with E-state index in [2.05, 4.69) is 10.3 Å². The van der Waals surface area contributed by atoms with Crippen molar-refractivity contribution in [3.8, 4) is 11.6 Å². The molecule has 0 bridgehead atoms. The van der Waals surface area contributed by atoms with Gasteiger partial charge in [0.15, 0.2) is 0 Å². The van der Waals surface area contributed by atoms with Crippen molar-refractivity contribution in [2.24, 2.45) is 0 Å². The Kier molecular flexibility index (Phi) is 4.77. The number of ether oxygens (including phenoxy) is 1. The van der Waals surface area contributed by atoms with Crippen LogP contribution >= 0.6 is 11.6 Å². The second-order valence-corrected chi connectivity index (χ2v) is 5.65. The Hall–Kier alpha value is -2.85. The van der Waals surface area contributed by atoms with Crippen LogP contribution in [0.3, 0.4) is 0 Å². The molecule has 1 amide bonds. The second kappa shape index (κ2) is 7.15. The van der Waals surface area contributed by atoms with Gasteiger partial charge in [0.2, 0.25) is 5.88 Å². The minimum atomic E-state index is -0.216. The van der Waals surface area contributed by atoms with Crippen LogP contribution in [0.5, 0.6) is 11.6 Å². The fraction of sp³-hybridized carbons (Fsp3) is 0.0526. The van der Waals surface area contributed by atoms with Gasteiger partial charge in [-0.05, 0) is 55.0 Å². The van der Waals surface area contributed by atoms with Crippen molar-refractivity contribution in [1.29, 1.82) is 0 Å². The molecular weight excluding hydrogens is 324 g/mol. The molecule has 0 radical (unpaired) electrons. The number of hydrogen-bond donors (Lipinski definition) is 1. The van der Waals surface area contributed by atoms with E-state index in [0.717, 1.165) is 11.3 Å². The summed E-state index contributed by atoms with van der Waals surface area (Å²) in [5, 5.41) is 3.51. The van der Waals surface area contributed by atoms with Crippen molar-refractivity contribution in [3.05, 3.63) is 83.0 Å². The maximum Gasteiger partial charge on any atom is 0.255 e. The third-order valence-electron chi connectivity index (χ3n) is 3.39. The first-order valence-electron chi connectivity index (χ1n) is 7.38. The van der Waals surface area contributed by atoms with Crippen LogP contribution in [0.1, 0.15) is 15.9 Å². The standard InChI is InChI=1S/C19H15ClN2O2/c1-13-11-15(20)8-9-17(13)22-19(23)14-5-4-6-16(12-14)24-18-7-2-3-10-21-18/h2-12H,1H3,(H,22,23). The highest BCUT2D eigenvalue weighted by atomic mass is 35.5. The normalized spacial score (nSPS) is 10.2. The number of anilines is 1. The molecule has 1 heterocycles. The quantitative estimate of drug-likeness (QED) is 0.721. The summed E-state index contributed by atoms with van der Waals surface area (Å²) < 4.78 is 5.65. The number of hydrogen-bond acceptors (Lipinski definition) is 3. The van der Waals surface area contributed by atoms with Crippen LogP contribution in [0.4, 0.5) is 5.69 Å². The number of benzene rings is 2. The lowest BCUT2D eigenvalue weighted by atomic mass is 10.1. The molecule has 0 atom stereocenters. The predicted molar refractivity (Wildman–Crippen MR) is 94.9 cm³/mol. The lowest BCUT2D eigenvalue weighted by molar-refractivity contribution is 0.102. The Balaban J connectivity index is 1.77. The number of carbonyl (C=O) groups is 1. The van der Waals surface area contributed by atoms with Gasteiger partial charge in [-0.2, -0.15) is 0 Å². The smallest absolute Gasteiger partial charge is 0.255 e. The number of halogens is 1. The summed E-state index contributed by atoms with van der Waals surface area (Å²) >= 11 is 5.93. The molecule has 3 rings (SSSR count). The first kappa shape index (κ1) is 16.0. The lowest BCUT2D eigenvalue weighted by Crippen LogP contribution is -2.12. The molecule has 0 unspecified atom stereocenters. The molecule has 1 N–H and O–H groups in total. The average Bonchev–Trinajstić information content (AvgIpc) is 2.58. The van der Waals surface area contributed by atoms with Crippen molar-refractivity contribution in [2.45, 2.75) is 6.92 Å². The zero-order valence-electron chi connectivity index (χ0n) is 13.0. The largest absolute Gasteiger partial charge is 0.439 e. The Labute approximate surface area is 145 Å². The van der Waals surface area contributed by atoms with E-state index in [1.165, 1.54) is 0 Å². The van der Waals surface area contributed by atoms with Crippen molar-refractivity contribution >= 4 is 23.2 Å². The van der Waals surface area contributed by atoms with Gasteiger partial charge in [0.25, 0.3) is 5.91 Å². The predicted octanol–water partition coefficient (Wildman–Crippen LogP) is 5.09. The van der Waals surface area contributed by atoms with Crippen molar-refractivity contribution < 1.29 is 9.53 Å². The van der Waals surface area contributed by atoms with Gasteiger partial charge < -0.3 is 10.1 Å². The Bertz CT molecular complexity index is 866. The van der Waals surface area contributed by atoms with E-state index in [-0.39, 0.29) is 5.91 Å². The van der Waals surface area contributed by atoms with Gasteiger partial charge in [-0.25, -0.2) is 4.98 Å². The van der Waals surface area contributed by atoms with Crippen LogP contribution in [0.15, 0.2) is 66.9 Å². The van der Waals surface area contributed by atoms with Gasteiger partial charge in [-0.3, -0.25) is 4.79 Å². The summed E-state index contributed by atoms with van der Waals surface area (Å²) in [6.07, 6.45) is 1.65. The minimum absolute atomic E-state index is 0.216. The second-order valence-electron chi connectivity index (χ2n) is 5.21. The Morgan fingerprint density at radius 3 is 2.71 bits per heavy atom. The molecule has 2 aromatic carbocycles. The molecule has 0 spiro atoms. The molecule has 0 fully saturated rings. The van der Waals surface area contributed by atoms with Crippen LogP contribution in [-0.4, -0.2) is 10.9 Å². The highest BCUT2D eigenvalue weighted by Crippen LogP contribution is 2.23. The van der Waals surface area contributed by atoms with Crippen LogP contribution in [-0.2, 0) is 0 Å². The number of pyridine rings is 1. The highest BCUT2D eigenvalue weighted by Gasteiger charge is 2.09. The number of rotatable bonds is 4. The van der Waals surface area contributed by atoms with Crippen molar-refractivity contribution in [3.63, 3.8) is 0 Å². The van der Waals surface area contributed by atoms with E-state index < -0.39 is 0 Å². The molecule has 4 nitrogen and oxygen atoms in total. The summed E-state index contributed by atoms with van der Waals surface area (Å²) in [4.78, 5) is 16.5. The van der Waals surface area contributed by atoms with Crippen LogP contribution in [0.25, 0.3) is 0 Å². The maximum absolute atomic E-state index is 12.4. The lowest BCUT2D eigenvalue weighted by Gasteiger charge is -2.10. The molecule has 3 aromatic rings. The minimum Gasteiger partial charge on any atom is -0.439 e. The van der Waals surface area contributed by atoms with E-state index in [1.54, 1.807) is 54.7 Å². The SMILES string of the molecule is Cc1cc(Cl)ccc1NC(=O)c1cccc(Oc2ccccn2)c1. The first-order chi connectivity index (χ1) is 11.6. The summed E-state index contributed by atoms with van der Waals surface area (Å²) in [7, 11) is 0. The number of nitrogens with zero attached hydrogens (tertiary/aromatic N) is 1. The third-order valence-corrected chi connectivity index (χ3v) is 3.63. The molecular formula is C19H15ClN2O2. The highest BCUT2D eigenvalue weighted by molar-refractivity contribution is 6.30. The molecule has 24 heavy (non-hydrogen) atoms. The number of amides is 1. The van der Waals surface area contributed by atoms with Gasteiger partial charge >= 0.3 is 0 Å². The fourth-order valence-electron chi connectivity index (χ4n) is 2.19. The van der Waals surface area contributed by atoms with Crippen molar-refractivity contribution in [1.82, 2.24) is 4.98 Å². The van der Waals surface area contributed by atoms with E-state index in [0.29, 0.717) is 22.2 Å². The molecule has 0 aliphatic rings. The van der Waals surface area contributed by atoms with Gasteiger partial charge in [-0.1, -0.05) is 23.7 Å². The number of aromatic nitrogens is 1. The van der Waals surface area contributed by atoms with Gasteiger partial charge in [-0.15, -0.1) is 0 Å². The number of carbonyl (C=O) groups excluding carboxylic acids is 1. The molecule has 0 aliphatic heterocycles. The molecule has 0 aliphatic carbocycles. The van der Waals surface area contributed by atoms with E-state index in [1.807, 2.05) is 19.1 Å². The van der Waals surface area contributed by atoms with Gasteiger partial charge in [0.1, 0.15) is 5.75 Å². The van der Waals surface area contributed by atoms with Crippen LogP contribution < -0.4 is 10.1 Å². The molecule has 5 heteroatoms. The van der Waals surface area contributed by atoms with Gasteiger partial charge in [0, 0.05) is 28.5 Å².